The summed E-state index contributed by atoms with van der Waals surface area (Å²) in [6.07, 6.45) is 5.84. The van der Waals surface area contributed by atoms with E-state index in [4.69, 9.17) is 9.84 Å². The molecule has 0 aliphatic heterocycles. The molecule has 2 amide bonds. The van der Waals surface area contributed by atoms with Crippen LogP contribution in [0.3, 0.4) is 0 Å². The Morgan fingerprint density at radius 2 is 2.17 bits per heavy atom. The average Bonchev–Trinajstić information content (AvgIpc) is 2.38. The third-order valence-electron chi connectivity index (χ3n) is 3.63. The Bertz CT molecular complexity index is 248. The maximum atomic E-state index is 11.9. The number of ether oxygens (including phenoxy) is 1. The van der Waals surface area contributed by atoms with Gasteiger partial charge in [0.05, 0.1) is 12.1 Å². The van der Waals surface area contributed by atoms with Gasteiger partial charge in [-0.15, -0.1) is 0 Å². The molecule has 1 saturated carbocycles. The zero-order chi connectivity index (χ0) is 13.4. The molecule has 0 heterocycles. The molecule has 0 aromatic rings. The third-order valence-corrected chi connectivity index (χ3v) is 3.63. The Kier molecular flexibility index (Phi) is 7.05. The average molecular weight is 258 g/mol. The zero-order valence-corrected chi connectivity index (χ0v) is 11.4. The van der Waals surface area contributed by atoms with E-state index >= 15 is 0 Å². The molecule has 0 radical (unpaired) electrons. The van der Waals surface area contributed by atoms with Crippen LogP contribution in [-0.4, -0.2) is 43.0 Å². The number of rotatable bonds is 6. The van der Waals surface area contributed by atoms with Crippen molar-refractivity contribution in [1.29, 1.82) is 0 Å². The molecule has 0 aromatic heterocycles. The zero-order valence-electron chi connectivity index (χ0n) is 11.4. The Balaban J connectivity index is 2.37. The van der Waals surface area contributed by atoms with E-state index in [-0.39, 0.29) is 30.8 Å². The van der Waals surface area contributed by atoms with E-state index in [1.165, 1.54) is 6.42 Å². The van der Waals surface area contributed by atoms with E-state index < -0.39 is 0 Å². The first-order valence-corrected chi connectivity index (χ1v) is 6.92. The molecule has 0 spiro atoms. The van der Waals surface area contributed by atoms with Crippen LogP contribution in [0.25, 0.3) is 0 Å². The van der Waals surface area contributed by atoms with Crippen LogP contribution in [0.4, 0.5) is 4.79 Å². The number of nitrogens with one attached hydrogen (secondary N) is 2. The molecule has 3 unspecified atom stereocenters. The number of aliphatic hydroxyl groups is 1. The van der Waals surface area contributed by atoms with Crippen LogP contribution in [-0.2, 0) is 4.74 Å². The monoisotopic (exact) mass is 258 g/mol. The number of amides is 2. The van der Waals surface area contributed by atoms with Crippen LogP contribution in [0, 0.1) is 0 Å². The maximum Gasteiger partial charge on any atom is 0.315 e. The van der Waals surface area contributed by atoms with Crippen molar-refractivity contribution in [2.24, 2.45) is 0 Å². The van der Waals surface area contributed by atoms with Gasteiger partial charge in [-0.3, -0.25) is 0 Å². The highest BCUT2D eigenvalue weighted by Gasteiger charge is 2.26. The van der Waals surface area contributed by atoms with E-state index in [9.17, 15) is 4.79 Å². The highest BCUT2D eigenvalue weighted by molar-refractivity contribution is 5.74. The first-order chi connectivity index (χ1) is 8.71. The van der Waals surface area contributed by atoms with Gasteiger partial charge in [-0.1, -0.05) is 19.8 Å². The summed E-state index contributed by atoms with van der Waals surface area (Å²) in [5.74, 6) is 0. The van der Waals surface area contributed by atoms with E-state index in [1.807, 2.05) is 6.92 Å². The summed E-state index contributed by atoms with van der Waals surface area (Å²) < 4.78 is 5.40. The molecule has 106 valence electrons. The summed E-state index contributed by atoms with van der Waals surface area (Å²) >= 11 is 0. The van der Waals surface area contributed by atoms with Crippen molar-refractivity contribution in [3.05, 3.63) is 0 Å². The number of aliphatic hydroxyl groups excluding tert-OH is 1. The second-order valence-electron chi connectivity index (χ2n) is 4.90. The summed E-state index contributed by atoms with van der Waals surface area (Å²) in [6.45, 7) is 2.10. The fourth-order valence-corrected chi connectivity index (χ4v) is 2.47. The van der Waals surface area contributed by atoms with Gasteiger partial charge in [-0.25, -0.2) is 4.79 Å². The van der Waals surface area contributed by atoms with E-state index in [1.54, 1.807) is 7.11 Å². The summed E-state index contributed by atoms with van der Waals surface area (Å²) in [4.78, 5) is 11.9. The van der Waals surface area contributed by atoms with Crippen molar-refractivity contribution in [3.8, 4) is 0 Å². The fourth-order valence-electron chi connectivity index (χ4n) is 2.47. The van der Waals surface area contributed by atoms with Crippen LogP contribution in [0.2, 0.25) is 0 Å². The molecule has 5 heteroatoms. The predicted molar refractivity (Wildman–Crippen MR) is 70.5 cm³/mol. The molecule has 1 aliphatic rings. The van der Waals surface area contributed by atoms with Gasteiger partial charge in [-0.2, -0.15) is 0 Å². The Morgan fingerprint density at radius 1 is 1.44 bits per heavy atom. The van der Waals surface area contributed by atoms with Crippen molar-refractivity contribution in [2.75, 3.05) is 13.7 Å². The number of urea groups is 1. The second-order valence-corrected chi connectivity index (χ2v) is 4.90. The second kappa shape index (κ2) is 8.32. The van der Waals surface area contributed by atoms with Gasteiger partial charge < -0.3 is 20.5 Å². The molecule has 1 fully saturated rings. The maximum absolute atomic E-state index is 11.9. The Labute approximate surface area is 109 Å². The predicted octanol–water partition coefficient (Wildman–Crippen LogP) is 1.40. The largest absolute Gasteiger partial charge is 0.396 e. The molecule has 1 aliphatic carbocycles. The molecular weight excluding hydrogens is 232 g/mol. The van der Waals surface area contributed by atoms with Gasteiger partial charge in [0.2, 0.25) is 0 Å². The smallest absolute Gasteiger partial charge is 0.315 e. The molecule has 0 saturated heterocycles. The lowest BCUT2D eigenvalue weighted by atomic mass is 9.92. The number of methoxy groups -OCH3 is 1. The summed E-state index contributed by atoms with van der Waals surface area (Å²) in [6, 6.07) is -0.000724. The standard InChI is InChI=1S/C13H26N2O3/c1-3-10(8-9-16)14-13(17)15-11-6-4-5-7-12(11)18-2/h10-12,16H,3-9H2,1-2H3,(H2,14,15,17). The topological polar surface area (TPSA) is 70.6 Å². The van der Waals surface area contributed by atoms with E-state index in [2.05, 4.69) is 10.6 Å². The van der Waals surface area contributed by atoms with Gasteiger partial charge in [0, 0.05) is 19.8 Å². The van der Waals surface area contributed by atoms with Gasteiger partial charge >= 0.3 is 6.03 Å². The summed E-state index contributed by atoms with van der Waals surface area (Å²) in [7, 11) is 1.70. The molecule has 18 heavy (non-hydrogen) atoms. The highest BCUT2D eigenvalue weighted by atomic mass is 16.5. The lowest BCUT2D eigenvalue weighted by molar-refractivity contribution is 0.0450. The number of carbonyl (C=O) groups excluding carboxylic acids is 1. The molecule has 5 nitrogen and oxygen atoms in total. The van der Waals surface area contributed by atoms with Crippen LogP contribution in [0.1, 0.15) is 45.4 Å². The number of carbonyl (C=O) groups is 1. The first kappa shape index (κ1) is 15.2. The SMILES string of the molecule is CCC(CCO)NC(=O)NC1CCCCC1OC. The molecule has 1 rings (SSSR count). The van der Waals surface area contributed by atoms with Crippen molar-refractivity contribution in [2.45, 2.75) is 63.6 Å². The van der Waals surface area contributed by atoms with Gasteiger partial charge in [-0.05, 0) is 25.7 Å². The van der Waals surface area contributed by atoms with Crippen LogP contribution in [0.5, 0.6) is 0 Å². The fraction of sp³-hybridized carbons (Fsp3) is 0.923. The van der Waals surface area contributed by atoms with Crippen molar-refractivity contribution < 1.29 is 14.6 Å². The lowest BCUT2D eigenvalue weighted by Gasteiger charge is -2.31. The normalized spacial score (nSPS) is 25.5. The minimum Gasteiger partial charge on any atom is -0.396 e. The Hall–Kier alpha value is -0.810. The summed E-state index contributed by atoms with van der Waals surface area (Å²) in [5, 5.41) is 14.8. The van der Waals surface area contributed by atoms with Crippen LogP contribution in [0.15, 0.2) is 0 Å². The van der Waals surface area contributed by atoms with Gasteiger partial charge in [0.1, 0.15) is 0 Å². The highest BCUT2D eigenvalue weighted by Crippen LogP contribution is 2.20. The van der Waals surface area contributed by atoms with E-state index in [0.29, 0.717) is 6.42 Å². The van der Waals surface area contributed by atoms with Crippen molar-refractivity contribution >= 4 is 6.03 Å². The van der Waals surface area contributed by atoms with Gasteiger partial charge in [0.25, 0.3) is 0 Å². The number of hydrogen-bond acceptors (Lipinski definition) is 3. The summed E-state index contributed by atoms with van der Waals surface area (Å²) in [5.41, 5.74) is 0. The quantitative estimate of drug-likeness (QED) is 0.674. The minimum absolute atomic E-state index is 0.0413. The molecule has 0 bridgehead atoms. The Morgan fingerprint density at radius 3 is 2.78 bits per heavy atom. The minimum atomic E-state index is -0.149. The van der Waals surface area contributed by atoms with Crippen LogP contribution < -0.4 is 10.6 Å². The van der Waals surface area contributed by atoms with Crippen molar-refractivity contribution in [1.82, 2.24) is 10.6 Å². The molecule has 3 atom stereocenters. The third kappa shape index (κ3) is 4.82. The first-order valence-electron chi connectivity index (χ1n) is 6.92. The van der Waals surface area contributed by atoms with Gasteiger partial charge in [0.15, 0.2) is 0 Å². The number of hydrogen-bond donors (Lipinski definition) is 3. The van der Waals surface area contributed by atoms with E-state index in [0.717, 1.165) is 25.7 Å². The van der Waals surface area contributed by atoms with Crippen LogP contribution >= 0.6 is 0 Å². The molecule has 0 aromatic carbocycles. The molecule has 3 N–H and O–H groups in total. The lowest BCUT2D eigenvalue weighted by Crippen LogP contribution is -2.51. The molecular formula is C13H26N2O3. The van der Waals surface area contributed by atoms with Crippen molar-refractivity contribution in [3.63, 3.8) is 0 Å².